The molecule has 1 aliphatic heterocycles. The summed E-state index contributed by atoms with van der Waals surface area (Å²) in [7, 11) is 0. The number of nitrogens with zero attached hydrogens (tertiary/aromatic N) is 3. The molecule has 1 aromatic heterocycles. The predicted molar refractivity (Wildman–Crippen MR) is 115 cm³/mol. The number of carbonyl (C=O) groups is 1. The van der Waals surface area contributed by atoms with Crippen LogP contribution in [0, 0.1) is 15.9 Å². The van der Waals surface area contributed by atoms with Crippen LogP contribution in [0.3, 0.4) is 0 Å². The second-order valence-corrected chi connectivity index (χ2v) is 7.33. The number of H-pyrrole nitrogens is 1. The van der Waals surface area contributed by atoms with Crippen molar-refractivity contribution in [3.05, 3.63) is 74.8 Å². The number of pyridine rings is 1. The minimum atomic E-state index is -0.515. The molecular formula is C21H20FN5O4. The van der Waals surface area contributed by atoms with Crippen LogP contribution in [-0.4, -0.2) is 53.4 Å². The van der Waals surface area contributed by atoms with Gasteiger partial charge in [0.05, 0.1) is 22.7 Å². The Balaban J connectivity index is 1.39. The number of nitrogens with one attached hydrogen (secondary N) is 2. The Morgan fingerprint density at radius 1 is 1.13 bits per heavy atom. The van der Waals surface area contributed by atoms with Crippen LogP contribution in [0.1, 0.15) is 0 Å². The standard InChI is InChI=1S/C21H20FN5O4/c22-14-4-5-18-17(10-14)19(12-20(28)24-18)26-8-6-25(7-9-26)13-21(29)23-15-2-1-3-16(11-15)27(30)31/h1-5,10-12H,6-9,13H2,(H,23,29)(H,24,28). The number of nitro groups is 1. The summed E-state index contributed by atoms with van der Waals surface area (Å²) in [5, 5.41) is 14.2. The summed E-state index contributed by atoms with van der Waals surface area (Å²) in [5.74, 6) is -0.644. The van der Waals surface area contributed by atoms with Crippen molar-refractivity contribution in [2.24, 2.45) is 0 Å². The quantitative estimate of drug-likeness (QED) is 0.479. The first-order valence-electron chi connectivity index (χ1n) is 9.73. The zero-order valence-electron chi connectivity index (χ0n) is 16.5. The molecule has 9 nitrogen and oxygen atoms in total. The summed E-state index contributed by atoms with van der Waals surface area (Å²) < 4.78 is 13.7. The SMILES string of the molecule is O=C(CN1CCN(c2cc(=O)[nH]c3ccc(F)cc23)CC1)Nc1cccc([N+](=O)[O-])c1. The predicted octanol–water partition coefficient (Wildman–Crippen LogP) is 2.34. The molecule has 0 spiro atoms. The average molecular weight is 425 g/mol. The van der Waals surface area contributed by atoms with Gasteiger partial charge in [0, 0.05) is 55.5 Å². The van der Waals surface area contributed by atoms with Gasteiger partial charge in [-0.3, -0.25) is 24.6 Å². The van der Waals surface area contributed by atoms with E-state index in [0.29, 0.717) is 48.5 Å². The molecule has 1 aliphatic rings. The summed E-state index contributed by atoms with van der Waals surface area (Å²) in [5.41, 5.74) is 1.26. The van der Waals surface area contributed by atoms with Crippen LogP contribution in [0.4, 0.5) is 21.5 Å². The van der Waals surface area contributed by atoms with E-state index in [1.54, 1.807) is 12.1 Å². The molecular weight excluding hydrogens is 405 g/mol. The van der Waals surface area contributed by atoms with Gasteiger partial charge in [-0.05, 0) is 24.3 Å². The molecule has 2 heterocycles. The first-order valence-corrected chi connectivity index (χ1v) is 9.73. The van der Waals surface area contributed by atoms with Crippen LogP contribution in [-0.2, 0) is 4.79 Å². The number of halogens is 1. The van der Waals surface area contributed by atoms with Gasteiger partial charge in [0.1, 0.15) is 5.82 Å². The van der Waals surface area contributed by atoms with Gasteiger partial charge in [0.15, 0.2) is 0 Å². The molecule has 0 aliphatic carbocycles. The zero-order chi connectivity index (χ0) is 22.0. The summed E-state index contributed by atoms with van der Waals surface area (Å²) >= 11 is 0. The molecule has 3 aromatic rings. The molecule has 10 heteroatoms. The molecule has 0 unspecified atom stereocenters. The van der Waals surface area contributed by atoms with Crippen molar-refractivity contribution in [2.45, 2.75) is 0 Å². The lowest BCUT2D eigenvalue weighted by Crippen LogP contribution is -2.49. The Morgan fingerprint density at radius 3 is 2.65 bits per heavy atom. The maximum atomic E-state index is 13.7. The normalized spacial score (nSPS) is 14.5. The monoisotopic (exact) mass is 425 g/mol. The minimum absolute atomic E-state index is 0.0899. The number of piperazine rings is 1. The third-order valence-corrected chi connectivity index (χ3v) is 5.20. The Hall–Kier alpha value is -3.79. The Bertz CT molecular complexity index is 1200. The van der Waals surface area contributed by atoms with Gasteiger partial charge in [-0.15, -0.1) is 0 Å². The number of hydrogen-bond acceptors (Lipinski definition) is 6. The highest BCUT2D eigenvalue weighted by Gasteiger charge is 2.21. The van der Waals surface area contributed by atoms with Crippen molar-refractivity contribution in [2.75, 3.05) is 42.9 Å². The molecule has 0 saturated carbocycles. The molecule has 2 N–H and O–H groups in total. The number of benzene rings is 2. The van der Waals surface area contributed by atoms with Crippen LogP contribution in [0.2, 0.25) is 0 Å². The van der Waals surface area contributed by atoms with E-state index in [9.17, 15) is 24.1 Å². The number of non-ortho nitro benzene ring substituents is 1. The first-order chi connectivity index (χ1) is 14.9. The van der Waals surface area contributed by atoms with E-state index in [1.165, 1.54) is 36.4 Å². The second-order valence-electron chi connectivity index (χ2n) is 7.33. The highest BCUT2D eigenvalue weighted by Crippen LogP contribution is 2.25. The number of rotatable bonds is 5. The Morgan fingerprint density at radius 2 is 1.90 bits per heavy atom. The number of aromatic nitrogens is 1. The molecule has 4 rings (SSSR count). The van der Waals surface area contributed by atoms with E-state index in [-0.39, 0.29) is 29.5 Å². The van der Waals surface area contributed by atoms with Crippen molar-refractivity contribution >= 4 is 33.9 Å². The van der Waals surface area contributed by atoms with Crippen LogP contribution in [0.15, 0.2) is 53.3 Å². The molecule has 1 fully saturated rings. The van der Waals surface area contributed by atoms with Gasteiger partial charge < -0.3 is 15.2 Å². The second kappa shape index (κ2) is 8.52. The fraction of sp³-hybridized carbons (Fsp3) is 0.238. The number of hydrogen-bond donors (Lipinski definition) is 2. The fourth-order valence-electron chi connectivity index (χ4n) is 3.72. The van der Waals surface area contributed by atoms with Gasteiger partial charge in [-0.2, -0.15) is 0 Å². The first kappa shape index (κ1) is 20.5. The van der Waals surface area contributed by atoms with E-state index < -0.39 is 4.92 Å². The summed E-state index contributed by atoms with van der Waals surface area (Å²) in [6, 6.07) is 11.5. The van der Waals surface area contributed by atoms with E-state index in [2.05, 4.69) is 10.3 Å². The smallest absolute Gasteiger partial charge is 0.271 e. The average Bonchev–Trinajstić information content (AvgIpc) is 2.74. The maximum absolute atomic E-state index is 13.7. The fourth-order valence-corrected chi connectivity index (χ4v) is 3.72. The lowest BCUT2D eigenvalue weighted by Gasteiger charge is -2.36. The van der Waals surface area contributed by atoms with Crippen molar-refractivity contribution < 1.29 is 14.1 Å². The molecule has 0 atom stereocenters. The number of amides is 1. The van der Waals surface area contributed by atoms with Crippen molar-refractivity contribution in [3.63, 3.8) is 0 Å². The summed E-state index contributed by atoms with van der Waals surface area (Å²) in [6.07, 6.45) is 0. The van der Waals surface area contributed by atoms with Gasteiger partial charge in [-0.1, -0.05) is 6.07 Å². The summed E-state index contributed by atoms with van der Waals surface area (Å²) in [4.78, 5) is 41.4. The van der Waals surface area contributed by atoms with Crippen molar-refractivity contribution in [1.82, 2.24) is 9.88 Å². The van der Waals surface area contributed by atoms with E-state index >= 15 is 0 Å². The molecule has 0 radical (unpaired) electrons. The van der Waals surface area contributed by atoms with E-state index in [4.69, 9.17) is 0 Å². The number of aromatic amines is 1. The largest absolute Gasteiger partial charge is 0.368 e. The number of fused-ring (bicyclic) bond motifs is 1. The lowest BCUT2D eigenvalue weighted by atomic mass is 10.1. The highest BCUT2D eigenvalue weighted by atomic mass is 19.1. The Kier molecular flexibility index (Phi) is 5.63. The minimum Gasteiger partial charge on any atom is -0.368 e. The molecule has 1 amide bonds. The molecule has 0 bridgehead atoms. The lowest BCUT2D eigenvalue weighted by molar-refractivity contribution is -0.384. The van der Waals surface area contributed by atoms with Gasteiger partial charge in [0.25, 0.3) is 5.69 Å². The third-order valence-electron chi connectivity index (χ3n) is 5.20. The van der Waals surface area contributed by atoms with Gasteiger partial charge in [0.2, 0.25) is 11.5 Å². The third kappa shape index (κ3) is 4.69. The highest BCUT2D eigenvalue weighted by molar-refractivity contribution is 5.93. The number of carbonyl (C=O) groups excluding carboxylic acids is 1. The molecule has 2 aromatic carbocycles. The van der Waals surface area contributed by atoms with E-state index in [0.717, 1.165) is 0 Å². The van der Waals surface area contributed by atoms with E-state index in [1.807, 2.05) is 9.80 Å². The number of anilines is 2. The maximum Gasteiger partial charge on any atom is 0.271 e. The van der Waals surface area contributed by atoms with Crippen LogP contribution in [0.25, 0.3) is 10.9 Å². The van der Waals surface area contributed by atoms with Gasteiger partial charge >= 0.3 is 0 Å². The molecule has 160 valence electrons. The van der Waals surface area contributed by atoms with Gasteiger partial charge in [-0.25, -0.2) is 4.39 Å². The number of nitro benzene ring substituents is 1. The summed E-state index contributed by atoms with van der Waals surface area (Å²) in [6.45, 7) is 2.43. The topological polar surface area (TPSA) is 112 Å². The molecule has 1 saturated heterocycles. The Labute approximate surface area is 176 Å². The van der Waals surface area contributed by atoms with Crippen LogP contribution < -0.4 is 15.8 Å². The van der Waals surface area contributed by atoms with Crippen LogP contribution in [0.5, 0.6) is 0 Å². The molecule has 31 heavy (non-hydrogen) atoms. The zero-order valence-corrected chi connectivity index (χ0v) is 16.5. The van der Waals surface area contributed by atoms with Crippen LogP contribution >= 0.6 is 0 Å². The van der Waals surface area contributed by atoms with Crippen molar-refractivity contribution in [3.8, 4) is 0 Å². The van der Waals surface area contributed by atoms with Crippen molar-refractivity contribution in [1.29, 1.82) is 0 Å².